The van der Waals surface area contributed by atoms with Crippen LogP contribution in [0.25, 0.3) is 0 Å². The lowest BCUT2D eigenvalue weighted by molar-refractivity contribution is -0.120. The molecule has 0 aromatic carbocycles. The molecule has 0 aliphatic rings. The Morgan fingerprint density at radius 2 is 2.17 bits per heavy atom. The number of carbonyl (C=O) groups is 2. The Bertz CT molecular complexity index is 417. The quantitative estimate of drug-likeness (QED) is 0.762. The van der Waals surface area contributed by atoms with Crippen LogP contribution in [0.15, 0.2) is 18.3 Å². The molecule has 98 valence electrons. The van der Waals surface area contributed by atoms with Crippen molar-refractivity contribution < 1.29 is 14.7 Å². The lowest BCUT2D eigenvalue weighted by Crippen LogP contribution is -2.26. The van der Waals surface area contributed by atoms with Crippen LogP contribution in [0.2, 0.25) is 0 Å². The highest BCUT2D eigenvalue weighted by atomic mass is 16.4. The number of hydrogen-bond acceptors (Lipinski definition) is 4. The summed E-state index contributed by atoms with van der Waals surface area (Å²) in [6.07, 6.45) is 1.77. The minimum Gasteiger partial charge on any atom is -0.478 e. The minimum absolute atomic E-state index is 0.00367. The van der Waals surface area contributed by atoms with Gasteiger partial charge in [-0.15, -0.1) is 0 Å². The van der Waals surface area contributed by atoms with E-state index >= 15 is 0 Å². The van der Waals surface area contributed by atoms with Gasteiger partial charge in [-0.3, -0.25) is 9.78 Å². The molecule has 6 nitrogen and oxygen atoms in total. The number of pyridine rings is 1. The van der Waals surface area contributed by atoms with Gasteiger partial charge < -0.3 is 15.3 Å². The molecule has 0 radical (unpaired) electrons. The summed E-state index contributed by atoms with van der Waals surface area (Å²) in [6.45, 7) is 1.21. The van der Waals surface area contributed by atoms with E-state index in [1.165, 1.54) is 12.3 Å². The Labute approximate surface area is 106 Å². The van der Waals surface area contributed by atoms with Crippen LogP contribution < -0.4 is 5.32 Å². The van der Waals surface area contributed by atoms with Gasteiger partial charge in [0.2, 0.25) is 5.91 Å². The fourth-order valence-corrected chi connectivity index (χ4v) is 1.42. The summed E-state index contributed by atoms with van der Waals surface area (Å²) in [6, 6.07) is 3.21. The molecule has 0 bridgehead atoms. The van der Waals surface area contributed by atoms with E-state index in [2.05, 4.69) is 10.3 Å². The second kappa shape index (κ2) is 6.70. The second-order valence-corrected chi connectivity index (χ2v) is 4.00. The standard InChI is InChI=1S/C12H17N3O3/c1-13-11(16)5-6-15(2)8-10-4-3-9(7-14-10)12(17)18/h3-4,7H,5-6,8H2,1-2H3,(H,13,16)(H,17,18). The zero-order chi connectivity index (χ0) is 13.5. The third-order valence-corrected chi connectivity index (χ3v) is 2.50. The van der Waals surface area contributed by atoms with Crippen LogP contribution in [0.5, 0.6) is 0 Å². The molecular weight excluding hydrogens is 234 g/mol. The maximum absolute atomic E-state index is 11.1. The van der Waals surface area contributed by atoms with Crippen molar-refractivity contribution in [2.24, 2.45) is 0 Å². The lowest BCUT2D eigenvalue weighted by atomic mass is 10.2. The summed E-state index contributed by atoms with van der Waals surface area (Å²) < 4.78 is 0. The Balaban J connectivity index is 2.46. The molecular formula is C12H17N3O3. The Morgan fingerprint density at radius 1 is 1.44 bits per heavy atom. The number of aromatic carboxylic acids is 1. The summed E-state index contributed by atoms with van der Waals surface area (Å²) in [4.78, 5) is 27.7. The predicted octanol–water partition coefficient (Wildman–Crippen LogP) is 0.348. The number of aromatic nitrogens is 1. The van der Waals surface area contributed by atoms with Gasteiger partial charge in [0, 0.05) is 32.8 Å². The van der Waals surface area contributed by atoms with Crippen LogP contribution in [0.3, 0.4) is 0 Å². The van der Waals surface area contributed by atoms with Crippen LogP contribution in [-0.2, 0) is 11.3 Å². The van der Waals surface area contributed by atoms with Crippen molar-refractivity contribution in [1.29, 1.82) is 0 Å². The van der Waals surface area contributed by atoms with Crippen LogP contribution in [0.4, 0.5) is 0 Å². The second-order valence-electron chi connectivity index (χ2n) is 4.00. The highest BCUT2D eigenvalue weighted by Gasteiger charge is 2.06. The van der Waals surface area contributed by atoms with Crippen LogP contribution >= 0.6 is 0 Å². The van der Waals surface area contributed by atoms with E-state index in [4.69, 9.17) is 5.11 Å². The van der Waals surface area contributed by atoms with Gasteiger partial charge in [0.1, 0.15) is 0 Å². The van der Waals surface area contributed by atoms with E-state index in [1.807, 2.05) is 11.9 Å². The number of nitrogens with one attached hydrogen (secondary N) is 1. The molecule has 0 unspecified atom stereocenters. The Morgan fingerprint density at radius 3 is 2.67 bits per heavy atom. The lowest BCUT2D eigenvalue weighted by Gasteiger charge is -2.15. The number of hydrogen-bond donors (Lipinski definition) is 2. The van der Waals surface area contributed by atoms with Crippen molar-refractivity contribution in [2.45, 2.75) is 13.0 Å². The molecule has 6 heteroatoms. The number of nitrogens with zero attached hydrogens (tertiary/aromatic N) is 2. The summed E-state index contributed by atoms with van der Waals surface area (Å²) in [5, 5.41) is 11.3. The molecule has 0 saturated heterocycles. The van der Waals surface area contributed by atoms with Crippen LogP contribution in [0.1, 0.15) is 22.5 Å². The SMILES string of the molecule is CNC(=O)CCN(C)Cc1ccc(C(=O)O)cn1. The van der Waals surface area contributed by atoms with E-state index in [0.29, 0.717) is 19.5 Å². The molecule has 18 heavy (non-hydrogen) atoms. The van der Waals surface area contributed by atoms with Gasteiger partial charge in [-0.2, -0.15) is 0 Å². The van der Waals surface area contributed by atoms with Gasteiger partial charge in [-0.25, -0.2) is 4.79 Å². The van der Waals surface area contributed by atoms with Crippen molar-refractivity contribution >= 4 is 11.9 Å². The smallest absolute Gasteiger partial charge is 0.337 e. The summed E-state index contributed by atoms with van der Waals surface area (Å²) in [5.41, 5.74) is 0.950. The maximum atomic E-state index is 11.1. The van der Waals surface area contributed by atoms with Gasteiger partial charge in [0.05, 0.1) is 11.3 Å². The minimum atomic E-state index is -0.984. The van der Waals surface area contributed by atoms with E-state index in [0.717, 1.165) is 5.69 Å². The average Bonchev–Trinajstić information content (AvgIpc) is 2.36. The van der Waals surface area contributed by atoms with Gasteiger partial charge >= 0.3 is 5.97 Å². The first-order valence-corrected chi connectivity index (χ1v) is 5.60. The van der Waals surface area contributed by atoms with Crippen molar-refractivity contribution in [2.75, 3.05) is 20.6 Å². The van der Waals surface area contributed by atoms with Gasteiger partial charge in [0.25, 0.3) is 0 Å². The third kappa shape index (κ3) is 4.50. The number of amides is 1. The zero-order valence-electron chi connectivity index (χ0n) is 10.5. The van der Waals surface area contributed by atoms with Gasteiger partial charge in [0.15, 0.2) is 0 Å². The highest BCUT2D eigenvalue weighted by Crippen LogP contribution is 2.03. The number of carboxylic acid groups (broad SMARTS) is 1. The topological polar surface area (TPSA) is 82.5 Å². The number of carbonyl (C=O) groups excluding carboxylic acids is 1. The third-order valence-electron chi connectivity index (χ3n) is 2.50. The van der Waals surface area contributed by atoms with E-state index in [-0.39, 0.29) is 11.5 Å². The Hall–Kier alpha value is -1.95. The molecule has 2 N–H and O–H groups in total. The molecule has 0 spiro atoms. The first-order valence-electron chi connectivity index (χ1n) is 5.60. The molecule has 0 fully saturated rings. The molecule has 0 aliphatic heterocycles. The molecule has 0 aliphatic carbocycles. The van der Waals surface area contributed by atoms with E-state index in [9.17, 15) is 9.59 Å². The maximum Gasteiger partial charge on any atom is 0.337 e. The summed E-state index contributed by atoms with van der Waals surface area (Å²) in [5.74, 6) is -0.988. The largest absolute Gasteiger partial charge is 0.478 e. The van der Waals surface area contributed by atoms with Crippen molar-refractivity contribution in [1.82, 2.24) is 15.2 Å². The molecule has 1 aromatic heterocycles. The number of rotatable bonds is 6. The first kappa shape index (κ1) is 14.1. The van der Waals surface area contributed by atoms with Crippen molar-refractivity contribution in [3.8, 4) is 0 Å². The van der Waals surface area contributed by atoms with Crippen molar-refractivity contribution in [3.63, 3.8) is 0 Å². The fraction of sp³-hybridized carbons (Fsp3) is 0.417. The average molecular weight is 251 g/mol. The van der Waals surface area contributed by atoms with Crippen LogP contribution in [-0.4, -0.2) is 47.5 Å². The number of carboxylic acids is 1. The molecule has 1 rings (SSSR count). The monoisotopic (exact) mass is 251 g/mol. The van der Waals surface area contributed by atoms with E-state index < -0.39 is 5.97 Å². The van der Waals surface area contributed by atoms with Gasteiger partial charge in [-0.05, 0) is 19.2 Å². The zero-order valence-corrected chi connectivity index (χ0v) is 10.5. The normalized spacial score (nSPS) is 10.4. The molecule has 1 aromatic rings. The fourth-order valence-electron chi connectivity index (χ4n) is 1.42. The molecule has 0 atom stereocenters. The summed E-state index contributed by atoms with van der Waals surface area (Å²) in [7, 11) is 3.49. The molecule has 1 amide bonds. The first-order chi connectivity index (χ1) is 8.52. The van der Waals surface area contributed by atoms with E-state index in [1.54, 1.807) is 13.1 Å². The van der Waals surface area contributed by atoms with Crippen molar-refractivity contribution in [3.05, 3.63) is 29.6 Å². The molecule has 1 heterocycles. The highest BCUT2D eigenvalue weighted by molar-refractivity contribution is 5.87. The van der Waals surface area contributed by atoms with Crippen LogP contribution in [0, 0.1) is 0 Å². The summed E-state index contributed by atoms with van der Waals surface area (Å²) >= 11 is 0. The predicted molar refractivity (Wildman–Crippen MR) is 66.2 cm³/mol. The van der Waals surface area contributed by atoms with Gasteiger partial charge in [-0.1, -0.05) is 0 Å². The Kier molecular flexibility index (Phi) is 5.26. The molecule has 0 saturated carbocycles.